The van der Waals surface area contributed by atoms with Gasteiger partial charge in [0.2, 0.25) is 11.8 Å². The van der Waals surface area contributed by atoms with Crippen molar-refractivity contribution in [3.63, 3.8) is 0 Å². The fourth-order valence-electron chi connectivity index (χ4n) is 2.86. The van der Waals surface area contributed by atoms with Crippen LogP contribution in [-0.4, -0.2) is 24.4 Å². The minimum Gasteiger partial charge on any atom is -0.375 e. The highest BCUT2D eigenvalue weighted by Crippen LogP contribution is 2.31. The quantitative estimate of drug-likeness (QED) is 0.843. The topological polar surface area (TPSA) is 61.4 Å². The van der Waals surface area contributed by atoms with E-state index in [4.69, 9.17) is 23.2 Å². The van der Waals surface area contributed by atoms with Gasteiger partial charge < -0.3 is 15.5 Å². The van der Waals surface area contributed by atoms with Crippen LogP contribution in [0.5, 0.6) is 0 Å². The monoisotopic (exact) mass is 377 g/mol. The average molecular weight is 378 g/mol. The molecule has 1 aliphatic rings. The van der Waals surface area contributed by atoms with Gasteiger partial charge in [-0.25, -0.2) is 0 Å². The van der Waals surface area contributed by atoms with Crippen LogP contribution in [0.2, 0.25) is 10.0 Å². The number of carbonyl (C=O) groups is 2. The van der Waals surface area contributed by atoms with Gasteiger partial charge >= 0.3 is 0 Å². The second-order valence-corrected chi connectivity index (χ2v) is 6.70. The molecule has 7 heteroatoms. The first-order chi connectivity index (χ1) is 12.0. The van der Waals surface area contributed by atoms with E-state index in [1.165, 1.54) is 0 Å². The molecule has 0 saturated heterocycles. The molecule has 3 rings (SSSR count). The van der Waals surface area contributed by atoms with Gasteiger partial charge in [-0.3, -0.25) is 9.59 Å². The summed E-state index contributed by atoms with van der Waals surface area (Å²) in [6, 6.07) is 12.1. The van der Waals surface area contributed by atoms with Crippen molar-refractivity contribution < 1.29 is 9.59 Å². The zero-order valence-electron chi connectivity index (χ0n) is 13.6. The van der Waals surface area contributed by atoms with Crippen molar-refractivity contribution in [3.05, 3.63) is 52.5 Å². The highest BCUT2D eigenvalue weighted by molar-refractivity contribution is 6.36. The molecular formula is C18H17Cl2N3O2. The van der Waals surface area contributed by atoms with Gasteiger partial charge in [0.1, 0.15) is 0 Å². The third kappa shape index (κ3) is 3.89. The fraction of sp³-hybridized carbons (Fsp3) is 0.222. The summed E-state index contributed by atoms with van der Waals surface area (Å²) in [6.07, 6.45) is 0.238. The summed E-state index contributed by atoms with van der Waals surface area (Å²) in [5, 5.41) is 6.85. The van der Waals surface area contributed by atoms with Crippen molar-refractivity contribution in [2.75, 3.05) is 22.1 Å². The fourth-order valence-corrected chi connectivity index (χ4v) is 3.33. The van der Waals surface area contributed by atoms with E-state index in [-0.39, 0.29) is 30.8 Å². The van der Waals surface area contributed by atoms with Gasteiger partial charge in [0.25, 0.3) is 0 Å². The number of rotatable bonds is 3. The molecular weight excluding hydrogens is 361 g/mol. The smallest absolute Gasteiger partial charge is 0.246 e. The molecule has 0 fully saturated rings. The predicted octanol–water partition coefficient (Wildman–Crippen LogP) is 4.17. The molecule has 2 aromatic carbocycles. The highest BCUT2D eigenvalue weighted by Gasteiger charge is 2.29. The van der Waals surface area contributed by atoms with Crippen LogP contribution in [0.1, 0.15) is 13.3 Å². The van der Waals surface area contributed by atoms with Crippen molar-refractivity contribution in [1.82, 2.24) is 0 Å². The van der Waals surface area contributed by atoms with E-state index in [0.717, 1.165) is 0 Å². The molecule has 5 nitrogen and oxygen atoms in total. The maximum absolute atomic E-state index is 12.8. The first-order valence-electron chi connectivity index (χ1n) is 7.85. The van der Waals surface area contributed by atoms with Crippen LogP contribution >= 0.6 is 23.2 Å². The van der Waals surface area contributed by atoms with Gasteiger partial charge in [0.15, 0.2) is 0 Å². The average Bonchev–Trinajstić information content (AvgIpc) is 2.68. The molecule has 0 saturated carbocycles. The Kier molecular flexibility index (Phi) is 5.16. The molecule has 2 aromatic rings. The molecule has 0 aliphatic carbocycles. The van der Waals surface area contributed by atoms with Crippen LogP contribution in [0, 0.1) is 0 Å². The zero-order valence-corrected chi connectivity index (χ0v) is 15.1. The van der Waals surface area contributed by atoms with E-state index in [1.807, 2.05) is 25.1 Å². The van der Waals surface area contributed by atoms with Crippen molar-refractivity contribution in [2.45, 2.75) is 19.4 Å². The number of nitrogens with one attached hydrogen (secondary N) is 2. The lowest BCUT2D eigenvalue weighted by atomic mass is 10.1. The van der Waals surface area contributed by atoms with E-state index in [1.54, 1.807) is 29.2 Å². The van der Waals surface area contributed by atoms with Gasteiger partial charge in [0.05, 0.1) is 28.6 Å². The number of benzene rings is 2. The Morgan fingerprint density at radius 3 is 2.80 bits per heavy atom. The summed E-state index contributed by atoms with van der Waals surface area (Å²) < 4.78 is 0. The number of fused-ring (bicyclic) bond motifs is 1. The number of amides is 2. The van der Waals surface area contributed by atoms with E-state index < -0.39 is 0 Å². The molecule has 0 unspecified atom stereocenters. The van der Waals surface area contributed by atoms with Gasteiger partial charge in [-0.1, -0.05) is 35.3 Å². The molecule has 0 aromatic heterocycles. The molecule has 0 spiro atoms. The third-order valence-electron chi connectivity index (χ3n) is 3.99. The summed E-state index contributed by atoms with van der Waals surface area (Å²) in [7, 11) is 0. The van der Waals surface area contributed by atoms with Crippen LogP contribution in [-0.2, 0) is 9.59 Å². The Morgan fingerprint density at radius 1 is 1.28 bits per heavy atom. The lowest BCUT2D eigenvalue weighted by Gasteiger charge is -2.28. The maximum Gasteiger partial charge on any atom is 0.246 e. The number of para-hydroxylation sites is 2. The Balaban J connectivity index is 1.81. The largest absolute Gasteiger partial charge is 0.375 e. The van der Waals surface area contributed by atoms with E-state index in [0.29, 0.717) is 27.1 Å². The van der Waals surface area contributed by atoms with Crippen LogP contribution in [0.15, 0.2) is 42.5 Å². The second kappa shape index (κ2) is 7.33. The lowest BCUT2D eigenvalue weighted by Crippen LogP contribution is -2.42. The number of carbonyl (C=O) groups excluding carboxylic acids is 2. The van der Waals surface area contributed by atoms with Crippen molar-refractivity contribution in [1.29, 1.82) is 0 Å². The Hall–Kier alpha value is -2.24. The van der Waals surface area contributed by atoms with Crippen molar-refractivity contribution in [2.24, 2.45) is 0 Å². The number of hydrogen-bond donors (Lipinski definition) is 2. The van der Waals surface area contributed by atoms with Gasteiger partial charge in [0, 0.05) is 17.5 Å². The van der Waals surface area contributed by atoms with Crippen molar-refractivity contribution in [3.8, 4) is 0 Å². The molecule has 2 N–H and O–H groups in total. The van der Waals surface area contributed by atoms with Crippen LogP contribution in [0.4, 0.5) is 17.1 Å². The van der Waals surface area contributed by atoms with Gasteiger partial charge in [-0.15, -0.1) is 0 Å². The van der Waals surface area contributed by atoms with Crippen LogP contribution in [0.25, 0.3) is 0 Å². The summed E-state index contributed by atoms with van der Waals surface area (Å²) in [5.41, 5.74) is 1.95. The molecule has 1 heterocycles. The summed E-state index contributed by atoms with van der Waals surface area (Å²) in [5.74, 6) is -0.258. The predicted molar refractivity (Wildman–Crippen MR) is 102 cm³/mol. The minimum absolute atomic E-state index is 0.0498. The van der Waals surface area contributed by atoms with Gasteiger partial charge in [-0.05, 0) is 37.3 Å². The first-order valence-corrected chi connectivity index (χ1v) is 8.61. The minimum atomic E-state index is -0.251. The molecule has 25 heavy (non-hydrogen) atoms. The summed E-state index contributed by atoms with van der Waals surface area (Å²) in [4.78, 5) is 26.5. The molecule has 2 amide bonds. The van der Waals surface area contributed by atoms with Gasteiger partial charge in [-0.2, -0.15) is 0 Å². The normalized spacial score (nSPS) is 16.7. The van der Waals surface area contributed by atoms with E-state index >= 15 is 0 Å². The molecule has 130 valence electrons. The van der Waals surface area contributed by atoms with E-state index in [2.05, 4.69) is 10.6 Å². The summed E-state index contributed by atoms with van der Waals surface area (Å²) in [6.45, 7) is 1.91. The molecule has 1 aliphatic heterocycles. The number of halogens is 2. The SMILES string of the molecule is C[C@H]1CC(=O)Nc2ccccc2N1C(=O)CNc1ccc(Cl)cc1Cl. The number of anilines is 3. The van der Waals surface area contributed by atoms with Crippen molar-refractivity contribution >= 4 is 52.1 Å². The molecule has 0 radical (unpaired) electrons. The highest BCUT2D eigenvalue weighted by atomic mass is 35.5. The van der Waals surface area contributed by atoms with Crippen LogP contribution < -0.4 is 15.5 Å². The zero-order chi connectivity index (χ0) is 18.0. The maximum atomic E-state index is 12.8. The molecule has 1 atom stereocenters. The third-order valence-corrected chi connectivity index (χ3v) is 4.54. The second-order valence-electron chi connectivity index (χ2n) is 5.86. The standard InChI is InChI=1S/C18H17Cl2N3O2/c1-11-8-17(24)22-15-4-2-3-5-16(15)23(11)18(25)10-21-14-7-6-12(19)9-13(14)20/h2-7,9,11,21H,8,10H2,1H3,(H,22,24)/t11-/m0/s1. The van der Waals surface area contributed by atoms with Crippen LogP contribution in [0.3, 0.4) is 0 Å². The Bertz CT molecular complexity index is 826. The van der Waals surface area contributed by atoms with E-state index in [9.17, 15) is 9.59 Å². The Morgan fingerprint density at radius 2 is 2.04 bits per heavy atom. The summed E-state index contributed by atoms with van der Waals surface area (Å²) >= 11 is 12.0. The number of nitrogens with zero attached hydrogens (tertiary/aromatic N) is 1. The first kappa shape index (κ1) is 17.6. The molecule has 0 bridgehead atoms. The Labute approximate surface area is 155 Å². The number of hydrogen-bond acceptors (Lipinski definition) is 3. The lowest BCUT2D eigenvalue weighted by molar-refractivity contribution is -0.118.